The van der Waals surface area contributed by atoms with Crippen molar-refractivity contribution in [3.8, 4) is 0 Å². The minimum atomic E-state index is -0.815. The molecule has 5 nitrogen and oxygen atoms in total. The van der Waals surface area contributed by atoms with Crippen LogP contribution in [0.4, 0.5) is 0 Å². The maximum absolute atomic E-state index is 12.4. The average Bonchev–Trinajstić information content (AvgIpc) is 3.22. The second kappa shape index (κ2) is 6.02. The molecule has 5 aliphatic rings. The quantitative estimate of drug-likeness (QED) is 0.433. The van der Waals surface area contributed by atoms with E-state index in [2.05, 4.69) is 6.92 Å². The smallest absolute Gasteiger partial charge is 0.331 e. The second-order valence-electron chi connectivity index (χ2n) is 10.0. The molecular weight excluding hydrogens is 356 g/mol. The number of cyclic esters (lactones) is 1. The number of rotatable bonds is 2. The van der Waals surface area contributed by atoms with E-state index >= 15 is 0 Å². The molecule has 0 saturated heterocycles. The molecule has 5 heteroatoms. The van der Waals surface area contributed by atoms with Gasteiger partial charge in [0.15, 0.2) is 0 Å². The van der Waals surface area contributed by atoms with Gasteiger partial charge in [0.1, 0.15) is 12.9 Å². The van der Waals surface area contributed by atoms with Crippen molar-refractivity contribution < 1.29 is 24.5 Å². The Morgan fingerprint density at radius 2 is 1.96 bits per heavy atom. The van der Waals surface area contributed by atoms with E-state index in [0.717, 1.165) is 56.0 Å². The lowest BCUT2D eigenvalue weighted by Gasteiger charge is -2.61. The summed E-state index contributed by atoms with van der Waals surface area (Å²) in [6.45, 7) is 2.54. The Morgan fingerprint density at radius 3 is 2.68 bits per heavy atom. The van der Waals surface area contributed by atoms with Gasteiger partial charge in [-0.3, -0.25) is 0 Å². The van der Waals surface area contributed by atoms with Crippen LogP contribution in [0.15, 0.2) is 23.3 Å². The van der Waals surface area contributed by atoms with E-state index in [1.807, 2.05) is 6.08 Å². The first kappa shape index (κ1) is 18.6. The van der Waals surface area contributed by atoms with Crippen molar-refractivity contribution in [3.05, 3.63) is 23.3 Å². The van der Waals surface area contributed by atoms with Crippen molar-refractivity contribution in [3.63, 3.8) is 0 Å². The molecule has 0 bridgehead atoms. The molecule has 0 spiro atoms. The third kappa shape index (κ3) is 2.20. The molecule has 0 amide bonds. The molecule has 0 aromatic heterocycles. The summed E-state index contributed by atoms with van der Waals surface area (Å²) in [5.41, 5.74) is 0.520. The topological polar surface area (TPSA) is 83.8 Å². The summed E-state index contributed by atoms with van der Waals surface area (Å²) in [7, 11) is 0. The molecular formula is C23H30O5. The van der Waals surface area contributed by atoms with Gasteiger partial charge in [-0.1, -0.05) is 18.6 Å². The normalized spacial score (nSPS) is 50.0. The molecule has 0 radical (unpaired) electrons. The number of esters is 1. The molecule has 0 aromatic rings. The molecule has 152 valence electrons. The minimum absolute atomic E-state index is 0.0902. The number of hydrogen-bond donors (Lipinski definition) is 2. The Bertz CT molecular complexity index is 784. The summed E-state index contributed by atoms with van der Waals surface area (Å²) in [6, 6.07) is 0. The fourth-order valence-electron chi connectivity index (χ4n) is 7.79. The number of carbonyl (C=O) groups is 2. The zero-order chi connectivity index (χ0) is 19.7. The van der Waals surface area contributed by atoms with Crippen LogP contribution in [0.5, 0.6) is 0 Å². The monoisotopic (exact) mass is 386 g/mol. The van der Waals surface area contributed by atoms with Gasteiger partial charge in [0.05, 0.1) is 17.1 Å². The Balaban J connectivity index is 1.52. The Kier molecular flexibility index (Phi) is 3.99. The molecule has 3 fully saturated rings. The van der Waals surface area contributed by atoms with Crippen LogP contribution in [0.2, 0.25) is 0 Å². The lowest BCUT2D eigenvalue weighted by atomic mass is 9.45. The molecule has 4 aliphatic carbocycles. The van der Waals surface area contributed by atoms with Crippen LogP contribution >= 0.6 is 0 Å². The fourth-order valence-corrected chi connectivity index (χ4v) is 7.79. The maximum atomic E-state index is 12.4. The summed E-state index contributed by atoms with van der Waals surface area (Å²) in [6.07, 6.45) is 10.5. The highest BCUT2D eigenvalue weighted by Gasteiger charge is 2.67. The Morgan fingerprint density at radius 1 is 1.14 bits per heavy atom. The molecule has 1 heterocycles. The van der Waals surface area contributed by atoms with Crippen molar-refractivity contribution in [2.75, 3.05) is 6.61 Å². The number of ether oxygens (including phenoxy) is 1. The van der Waals surface area contributed by atoms with Gasteiger partial charge in [0.2, 0.25) is 0 Å². The first-order chi connectivity index (χ1) is 13.3. The van der Waals surface area contributed by atoms with Gasteiger partial charge >= 0.3 is 5.97 Å². The van der Waals surface area contributed by atoms with Crippen LogP contribution in [-0.4, -0.2) is 40.8 Å². The minimum Gasteiger partial charge on any atom is -0.458 e. The van der Waals surface area contributed by atoms with Crippen LogP contribution in [0.3, 0.4) is 0 Å². The van der Waals surface area contributed by atoms with Crippen LogP contribution in [0, 0.1) is 28.6 Å². The van der Waals surface area contributed by atoms with E-state index in [-0.39, 0.29) is 29.1 Å². The largest absolute Gasteiger partial charge is 0.458 e. The first-order valence-corrected chi connectivity index (χ1v) is 10.8. The number of aliphatic hydroxyl groups is 2. The van der Waals surface area contributed by atoms with Crippen molar-refractivity contribution in [2.24, 2.45) is 28.6 Å². The highest BCUT2D eigenvalue weighted by Crippen LogP contribution is 2.69. The van der Waals surface area contributed by atoms with E-state index in [4.69, 9.17) is 4.74 Å². The van der Waals surface area contributed by atoms with Gasteiger partial charge < -0.3 is 19.7 Å². The van der Waals surface area contributed by atoms with Crippen LogP contribution in [0.25, 0.3) is 0 Å². The third-order valence-electron chi connectivity index (χ3n) is 9.22. The predicted octanol–water partition coefficient (Wildman–Crippen LogP) is 2.70. The van der Waals surface area contributed by atoms with Crippen molar-refractivity contribution in [2.45, 2.75) is 70.0 Å². The molecule has 3 saturated carbocycles. The molecule has 2 N–H and O–H groups in total. The number of hydrogen-bond acceptors (Lipinski definition) is 5. The van der Waals surface area contributed by atoms with Crippen molar-refractivity contribution in [1.82, 2.24) is 0 Å². The van der Waals surface area contributed by atoms with Crippen LogP contribution in [-0.2, 0) is 14.3 Å². The first-order valence-electron chi connectivity index (χ1n) is 10.8. The summed E-state index contributed by atoms with van der Waals surface area (Å²) >= 11 is 0. The van der Waals surface area contributed by atoms with Gasteiger partial charge in [-0.05, 0) is 74.7 Å². The number of allylic oxidation sites excluding steroid dienone is 1. The van der Waals surface area contributed by atoms with Crippen LogP contribution in [0.1, 0.15) is 58.3 Å². The summed E-state index contributed by atoms with van der Waals surface area (Å²) in [5.74, 6) is 0.135. The van der Waals surface area contributed by atoms with E-state index in [0.29, 0.717) is 19.4 Å². The lowest BCUT2D eigenvalue weighted by molar-refractivity contribution is -0.183. The Labute approximate surface area is 165 Å². The molecule has 5 rings (SSSR count). The van der Waals surface area contributed by atoms with Crippen molar-refractivity contribution >= 4 is 12.3 Å². The number of fused-ring (bicyclic) bond motifs is 5. The average molecular weight is 386 g/mol. The highest BCUT2D eigenvalue weighted by atomic mass is 16.5. The SMILES string of the molecule is C[C@]12CC[C@@H]3[C@H](CCC4=C[C@H](O)CC[C@]43C=O)[C@@]1(O)CC[C@H]2C1=CC(=O)OC1. The van der Waals surface area contributed by atoms with Gasteiger partial charge in [-0.25, -0.2) is 4.79 Å². The van der Waals surface area contributed by atoms with Gasteiger partial charge in [-0.15, -0.1) is 0 Å². The van der Waals surface area contributed by atoms with E-state index in [1.165, 1.54) is 0 Å². The Hall–Kier alpha value is -1.46. The summed E-state index contributed by atoms with van der Waals surface area (Å²) < 4.78 is 5.17. The highest BCUT2D eigenvalue weighted by molar-refractivity contribution is 5.85. The molecule has 0 aromatic carbocycles. The fraction of sp³-hybridized carbons (Fsp3) is 0.739. The lowest BCUT2D eigenvalue weighted by Crippen LogP contribution is -2.61. The van der Waals surface area contributed by atoms with Crippen LogP contribution < -0.4 is 0 Å². The van der Waals surface area contributed by atoms with Crippen molar-refractivity contribution in [1.29, 1.82) is 0 Å². The predicted molar refractivity (Wildman–Crippen MR) is 102 cm³/mol. The van der Waals surface area contributed by atoms with E-state index in [9.17, 15) is 19.8 Å². The maximum Gasteiger partial charge on any atom is 0.331 e. The number of carbonyl (C=O) groups excluding carboxylic acids is 2. The third-order valence-corrected chi connectivity index (χ3v) is 9.22. The number of aliphatic hydroxyl groups excluding tert-OH is 1. The molecule has 28 heavy (non-hydrogen) atoms. The van der Waals surface area contributed by atoms with Gasteiger partial charge in [-0.2, -0.15) is 0 Å². The van der Waals surface area contributed by atoms with E-state index < -0.39 is 17.1 Å². The summed E-state index contributed by atoms with van der Waals surface area (Å²) in [4.78, 5) is 24.0. The summed E-state index contributed by atoms with van der Waals surface area (Å²) in [5, 5.41) is 22.2. The zero-order valence-corrected chi connectivity index (χ0v) is 16.5. The number of aldehydes is 1. The standard InChI is InChI=1S/C23H30O5/c1-21-7-5-18-19(3-2-15-11-16(25)4-8-22(15,18)13-24)23(21,27)9-6-17(21)14-10-20(26)28-12-14/h10-11,13,16-19,25,27H,2-9,12H2,1H3/t16-,17+,18-,19+,21-,22+,23+/m1/s1. The zero-order valence-electron chi connectivity index (χ0n) is 16.5. The molecule has 1 aliphatic heterocycles. The molecule has 7 atom stereocenters. The molecule has 0 unspecified atom stereocenters. The second-order valence-corrected chi connectivity index (χ2v) is 10.0. The van der Waals surface area contributed by atoms with Gasteiger partial charge in [0.25, 0.3) is 0 Å². The van der Waals surface area contributed by atoms with E-state index in [1.54, 1.807) is 6.08 Å². The van der Waals surface area contributed by atoms with Gasteiger partial charge in [0, 0.05) is 11.5 Å².